The number of pyridine rings is 1. The van der Waals surface area contributed by atoms with Crippen LogP contribution in [0.5, 0.6) is 0 Å². The average Bonchev–Trinajstić information content (AvgIpc) is 3.02. The Labute approximate surface area is 120 Å². The maximum atomic E-state index is 6.02. The maximum absolute atomic E-state index is 6.02. The fourth-order valence-corrected chi connectivity index (χ4v) is 3.64. The van der Waals surface area contributed by atoms with Gasteiger partial charge in [-0.1, -0.05) is 12.8 Å². The van der Waals surface area contributed by atoms with Crippen molar-refractivity contribution in [3.63, 3.8) is 0 Å². The van der Waals surface area contributed by atoms with E-state index in [9.17, 15) is 0 Å². The van der Waals surface area contributed by atoms with Gasteiger partial charge in [0.25, 0.3) is 0 Å². The van der Waals surface area contributed by atoms with Crippen LogP contribution in [0, 0.1) is 0 Å². The molecule has 2 aliphatic rings. The highest BCUT2D eigenvalue weighted by Crippen LogP contribution is 2.27. The molecule has 0 N–H and O–H groups in total. The number of halogens is 1. The zero-order valence-corrected chi connectivity index (χ0v) is 12.1. The first-order chi connectivity index (χ1) is 9.38. The first kappa shape index (κ1) is 13.2. The van der Waals surface area contributed by atoms with Gasteiger partial charge in [0, 0.05) is 44.3 Å². The van der Waals surface area contributed by atoms with Crippen LogP contribution in [-0.4, -0.2) is 42.1 Å². The number of piperazine rings is 1. The number of hydrogen-bond acceptors (Lipinski definition) is 3. The molecule has 0 spiro atoms. The Morgan fingerprint density at radius 1 is 1.16 bits per heavy atom. The van der Waals surface area contributed by atoms with E-state index in [0.717, 1.165) is 19.1 Å². The summed E-state index contributed by atoms with van der Waals surface area (Å²) < 4.78 is 0. The molecule has 0 atom stereocenters. The summed E-state index contributed by atoms with van der Waals surface area (Å²) in [6.07, 6.45) is 9.44. The standard InChI is InChI=1S/C15H22ClN3/c16-11-13-5-6-17-12-15(13)19-9-7-18(8-10-19)14-3-1-2-4-14/h5-6,12,14H,1-4,7-11H2. The highest BCUT2D eigenvalue weighted by atomic mass is 35.5. The second kappa shape index (κ2) is 6.10. The third kappa shape index (κ3) is 2.87. The molecular formula is C15H22ClN3. The molecule has 1 aliphatic heterocycles. The molecule has 4 heteroatoms. The van der Waals surface area contributed by atoms with E-state index in [2.05, 4.69) is 14.8 Å². The molecule has 1 aromatic heterocycles. The van der Waals surface area contributed by atoms with E-state index in [-0.39, 0.29) is 0 Å². The van der Waals surface area contributed by atoms with Crippen molar-refractivity contribution in [3.05, 3.63) is 24.0 Å². The van der Waals surface area contributed by atoms with Gasteiger partial charge < -0.3 is 4.90 Å². The van der Waals surface area contributed by atoms with Crippen molar-refractivity contribution in [3.8, 4) is 0 Å². The molecule has 104 valence electrons. The normalized spacial score (nSPS) is 22.1. The summed E-state index contributed by atoms with van der Waals surface area (Å²) in [6, 6.07) is 2.88. The molecule has 0 unspecified atom stereocenters. The lowest BCUT2D eigenvalue weighted by Crippen LogP contribution is -2.50. The molecule has 0 radical (unpaired) electrons. The smallest absolute Gasteiger partial charge is 0.0598 e. The number of rotatable bonds is 3. The van der Waals surface area contributed by atoms with Crippen LogP contribution in [0.3, 0.4) is 0 Å². The number of alkyl halides is 1. The van der Waals surface area contributed by atoms with Crippen LogP contribution in [0.15, 0.2) is 18.5 Å². The van der Waals surface area contributed by atoms with Crippen molar-refractivity contribution in [1.29, 1.82) is 0 Å². The van der Waals surface area contributed by atoms with Crippen LogP contribution in [-0.2, 0) is 5.88 Å². The molecule has 19 heavy (non-hydrogen) atoms. The predicted molar refractivity (Wildman–Crippen MR) is 79.8 cm³/mol. The molecule has 3 rings (SSSR count). The minimum atomic E-state index is 0.570. The van der Waals surface area contributed by atoms with E-state index < -0.39 is 0 Å². The first-order valence-corrected chi connectivity index (χ1v) is 7.90. The maximum Gasteiger partial charge on any atom is 0.0598 e. The SMILES string of the molecule is ClCc1ccncc1N1CCN(C2CCCC2)CC1. The quantitative estimate of drug-likeness (QED) is 0.793. The van der Waals surface area contributed by atoms with Gasteiger partial charge in [-0.25, -0.2) is 0 Å². The minimum Gasteiger partial charge on any atom is -0.367 e. The second-order valence-electron chi connectivity index (χ2n) is 5.60. The second-order valence-corrected chi connectivity index (χ2v) is 5.87. The third-order valence-corrected chi connectivity index (χ3v) is 4.82. The van der Waals surface area contributed by atoms with Crippen molar-refractivity contribution in [2.75, 3.05) is 31.1 Å². The van der Waals surface area contributed by atoms with Crippen molar-refractivity contribution in [2.24, 2.45) is 0 Å². The van der Waals surface area contributed by atoms with Gasteiger partial charge in [-0.05, 0) is 24.5 Å². The van der Waals surface area contributed by atoms with Gasteiger partial charge in [-0.15, -0.1) is 11.6 Å². The molecule has 1 aliphatic carbocycles. The monoisotopic (exact) mass is 279 g/mol. The van der Waals surface area contributed by atoms with Crippen molar-refractivity contribution in [2.45, 2.75) is 37.6 Å². The Morgan fingerprint density at radius 2 is 1.89 bits per heavy atom. The van der Waals surface area contributed by atoms with Crippen LogP contribution in [0.1, 0.15) is 31.2 Å². The minimum absolute atomic E-state index is 0.570. The van der Waals surface area contributed by atoms with E-state index >= 15 is 0 Å². The molecule has 0 bridgehead atoms. The Morgan fingerprint density at radius 3 is 2.58 bits per heavy atom. The third-order valence-electron chi connectivity index (χ3n) is 4.53. The lowest BCUT2D eigenvalue weighted by molar-refractivity contribution is 0.187. The van der Waals surface area contributed by atoms with E-state index in [1.807, 2.05) is 18.5 Å². The molecule has 0 aromatic carbocycles. The summed E-state index contributed by atoms with van der Waals surface area (Å²) in [5.41, 5.74) is 2.43. The molecule has 2 fully saturated rings. The van der Waals surface area contributed by atoms with Gasteiger partial charge in [0.2, 0.25) is 0 Å². The van der Waals surface area contributed by atoms with Crippen molar-refractivity contribution < 1.29 is 0 Å². The Kier molecular flexibility index (Phi) is 4.24. The lowest BCUT2D eigenvalue weighted by atomic mass is 10.1. The van der Waals surface area contributed by atoms with Crippen molar-refractivity contribution in [1.82, 2.24) is 9.88 Å². The molecule has 2 heterocycles. The van der Waals surface area contributed by atoms with Gasteiger partial charge in [0.1, 0.15) is 0 Å². The van der Waals surface area contributed by atoms with Crippen LogP contribution in [0.25, 0.3) is 0 Å². The Bertz CT molecular complexity index is 410. The van der Waals surface area contributed by atoms with E-state index in [1.165, 1.54) is 50.0 Å². The summed E-state index contributed by atoms with van der Waals surface area (Å²) in [4.78, 5) is 9.37. The van der Waals surface area contributed by atoms with Crippen LogP contribution >= 0.6 is 11.6 Å². The van der Waals surface area contributed by atoms with Gasteiger partial charge in [-0.3, -0.25) is 9.88 Å². The van der Waals surface area contributed by atoms with Crippen LogP contribution < -0.4 is 4.90 Å². The number of hydrogen-bond donors (Lipinski definition) is 0. The lowest BCUT2D eigenvalue weighted by Gasteiger charge is -2.39. The predicted octanol–water partition coefficient (Wildman–Crippen LogP) is 2.89. The van der Waals surface area contributed by atoms with Gasteiger partial charge in [-0.2, -0.15) is 0 Å². The van der Waals surface area contributed by atoms with Crippen LogP contribution in [0.2, 0.25) is 0 Å². The highest BCUT2D eigenvalue weighted by molar-refractivity contribution is 6.17. The van der Waals surface area contributed by atoms with E-state index in [4.69, 9.17) is 11.6 Å². The number of nitrogens with zero attached hydrogens (tertiary/aromatic N) is 3. The largest absolute Gasteiger partial charge is 0.367 e. The zero-order chi connectivity index (χ0) is 13.1. The summed E-state index contributed by atoms with van der Waals surface area (Å²) >= 11 is 6.02. The van der Waals surface area contributed by atoms with Crippen molar-refractivity contribution >= 4 is 17.3 Å². The number of anilines is 1. The van der Waals surface area contributed by atoms with Gasteiger partial charge in [0.05, 0.1) is 11.9 Å². The summed E-state index contributed by atoms with van der Waals surface area (Å²) in [5.74, 6) is 0.570. The van der Waals surface area contributed by atoms with Crippen LogP contribution in [0.4, 0.5) is 5.69 Å². The fourth-order valence-electron chi connectivity index (χ4n) is 3.41. The summed E-state index contributed by atoms with van der Waals surface area (Å²) in [6.45, 7) is 4.57. The number of aromatic nitrogens is 1. The molecule has 1 aromatic rings. The Balaban J connectivity index is 1.63. The summed E-state index contributed by atoms with van der Waals surface area (Å²) in [7, 11) is 0. The Hall–Kier alpha value is -0.800. The average molecular weight is 280 g/mol. The first-order valence-electron chi connectivity index (χ1n) is 7.36. The highest BCUT2D eigenvalue weighted by Gasteiger charge is 2.26. The summed E-state index contributed by atoms with van der Waals surface area (Å²) in [5, 5.41) is 0. The molecule has 1 saturated carbocycles. The van der Waals surface area contributed by atoms with Gasteiger partial charge in [0.15, 0.2) is 0 Å². The van der Waals surface area contributed by atoms with E-state index in [1.54, 1.807) is 0 Å². The molecule has 1 saturated heterocycles. The zero-order valence-electron chi connectivity index (χ0n) is 11.4. The topological polar surface area (TPSA) is 19.4 Å². The fraction of sp³-hybridized carbons (Fsp3) is 0.667. The van der Waals surface area contributed by atoms with E-state index in [0.29, 0.717) is 5.88 Å². The van der Waals surface area contributed by atoms with Gasteiger partial charge >= 0.3 is 0 Å². The molecule has 0 amide bonds. The molecule has 3 nitrogen and oxygen atoms in total. The molecular weight excluding hydrogens is 258 g/mol.